The quantitative estimate of drug-likeness (QED) is 0.503. The van der Waals surface area contributed by atoms with E-state index >= 15 is 0 Å². The van der Waals surface area contributed by atoms with Gasteiger partial charge in [0.2, 0.25) is 5.78 Å². The molecule has 27 heavy (non-hydrogen) atoms. The van der Waals surface area contributed by atoms with Gasteiger partial charge in [0.25, 0.3) is 5.91 Å². The number of benzene rings is 2. The molecule has 2 aromatic carbocycles. The predicted octanol–water partition coefficient (Wildman–Crippen LogP) is 3.37. The first kappa shape index (κ1) is 18.7. The number of carbonyl (C=O) groups excluding carboxylic acids is 3. The van der Waals surface area contributed by atoms with Crippen molar-refractivity contribution in [1.82, 2.24) is 10.3 Å². The Morgan fingerprint density at radius 2 is 1.81 bits per heavy atom. The van der Waals surface area contributed by atoms with E-state index in [-0.39, 0.29) is 12.3 Å². The summed E-state index contributed by atoms with van der Waals surface area (Å²) in [5.41, 5.74) is 1.65. The van der Waals surface area contributed by atoms with Crippen LogP contribution in [-0.4, -0.2) is 35.3 Å². The zero-order chi connectivity index (χ0) is 19.4. The Labute approximate surface area is 160 Å². The lowest BCUT2D eigenvalue weighted by Gasteiger charge is -2.12. The van der Waals surface area contributed by atoms with E-state index in [0.29, 0.717) is 16.1 Å². The lowest BCUT2D eigenvalue weighted by molar-refractivity contribution is -0.145. The van der Waals surface area contributed by atoms with Crippen LogP contribution in [0.2, 0.25) is 5.02 Å². The highest BCUT2D eigenvalue weighted by Crippen LogP contribution is 2.19. The SMILES string of the molecule is C[C@@H](OC(=O)CNC(=O)c1ccc(Cl)cc1)C(=O)c1c[nH]c2ccccc12. The van der Waals surface area contributed by atoms with Gasteiger partial charge in [-0.3, -0.25) is 14.4 Å². The van der Waals surface area contributed by atoms with Crippen molar-refractivity contribution in [3.8, 4) is 0 Å². The molecule has 1 amide bonds. The first-order chi connectivity index (χ1) is 13.0. The summed E-state index contributed by atoms with van der Waals surface area (Å²) in [5, 5.41) is 3.73. The van der Waals surface area contributed by atoms with Crippen LogP contribution in [0.25, 0.3) is 10.9 Å². The molecule has 1 atom stereocenters. The number of carbonyl (C=O) groups is 3. The molecule has 0 bridgehead atoms. The third-order valence-corrected chi connectivity index (χ3v) is 4.28. The smallest absolute Gasteiger partial charge is 0.326 e. The lowest BCUT2D eigenvalue weighted by atomic mass is 10.1. The molecule has 1 aromatic heterocycles. The Morgan fingerprint density at radius 3 is 2.56 bits per heavy atom. The Balaban J connectivity index is 1.56. The number of fused-ring (bicyclic) bond motifs is 1. The highest BCUT2D eigenvalue weighted by Gasteiger charge is 2.22. The minimum absolute atomic E-state index is 0.315. The molecule has 0 fully saturated rings. The highest BCUT2D eigenvalue weighted by molar-refractivity contribution is 6.30. The number of nitrogens with one attached hydrogen (secondary N) is 2. The van der Waals surface area contributed by atoms with Crippen molar-refractivity contribution in [2.75, 3.05) is 6.54 Å². The molecule has 6 nitrogen and oxygen atoms in total. The maximum Gasteiger partial charge on any atom is 0.326 e. The van der Waals surface area contributed by atoms with Crippen molar-refractivity contribution >= 4 is 40.2 Å². The van der Waals surface area contributed by atoms with Gasteiger partial charge in [-0.25, -0.2) is 0 Å². The predicted molar refractivity (Wildman–Crippen MR) is 102 cm³/mol. The second-order valence-corrected chi connectivity index (χ2v) is 6.37. The van der Waals surface area contributed by atoms with Crippen LogP contribution in [0.4, 0.5) is 0 Å². The second-order valence-electron chi connectivity index (χ2n) is 5.93. The van der Waals surface area contributed by atoms with Gasteiger partial charge in [0.05, 0.1) is 0 Å². The monoisotopic (exact) mass is 384 g/mol. The number of esters is 1. The molecule has 0 saturated heterocycles. The van der Waals surface area contributed by atoms with Gasteiger partial charge in [0.15, 0.2) is 6.10 Å². The van der Waals surface area contributed by atoms with Gasteiger partial charge in [0, 0.05) is 33.2 Å². The molecule has 0 radical (unpaired) electrons. The molecule has 0 spiro atoms. The molecular formula is C20H17ClN2O4. The summed E-state index contributed by atoms with van der Waals surface area (Å²) in [4.78, 5) is 39.5. The Hall–Kier alpha value is -3.12. The summed E-state index contributed by atoms with van der Waals surface area (Å²) >= 11 is 5.77. The molecule has 138 valence electrons. The third kappa shape index (κ3) is 4.35. The van der Waals surface area contributed by atoms with Crippen LogP contribution in [-0.2, 0) is 9.53 Å². The number of hydrogen-bond acceptors (Lipinski definition) is 4. The molecule has 1 heterocycles. The molecule has 0 aliphatic rings. The van der Waals surface area contributed by atoms with E-state index in [9.17, 15) is 14.4 Å². The van der Waals surface area contributed by atoms with E-state index in [1.165, 1.54) is 6.92 Å². The molecular weight excluding hydrogens is 368 g/mol. The second kappa shape index (κ2) is 8.05. The topological polar surface area (TPSA) is 88.3 Å². The van der Waals surface area contributed by atoms with E-state index in [4.69, 9.17) is 16.3 Å². The highest BCUT2D eigenvalue weighted by atomic mass is 35.5. The molecule has 0 aliphatic carbocycles. The van der Waals surface area contributed by atoms with Crippen LogP contribution in [0.15, 0.2) is 54.7 Å². The number of rotatable bonds is 6. The van der Waals surface area contributed by atoms with Crippen LogP contribution in [0.1, 0.15) is 27.6 Å². The minimum atomic E-state index is -0.968. The number of ketones is 1. The Morgan fingerprint density at radius 1 is 1.11 bits per heavy atom. The Bertz CT molecular complexity index is 995. The summed E-state index contributed by atoms with van der Waals surface area (Å²) < 4.78 is 5.15. The van der Waals surface area contributed by atoms with Crippen LogP contribution in [0, 0.1) is 0 Å². The van der Waals surface area contributed by atoms with Crippen LogP contribution in [0.3, 0.4) is 0 Å². The first-order valence-corrected chi connectivity index (χ1v) is 8.67. The van der Waals surface area contributed by atoms with Crippen LogP contribution < -0.4 is 5.32 Å². The summed E-state index contributed by atoms with van der Waals surface area (Å²) in [6, 6.07) is 13.6. The van der Waals surface area contributed by atoms with Gasteiger partial charge in [0.1, 0.15) is 6.54 Å². The fraction of sp³-hybridized carbons (Fsp3) is 0.150. The number of halogens is 1. The molecule has 3 aromatic rings. The fourth-order valence-electron chi connectivity index (χ4n) is 2.64. The number of aromatic nitrogens is 1. The number of aromatic amines is 1. The minimum Gasteiger partial charge on any atom is -0.453 e. The zero-order valence-electron chi connectivity index (χ0n) is 14.5. The summed E-state index contributed by atoms with van der Waals surface area (Å²) in [6.07, 6.45) is 0.628. The van der Waals surface area contributed by atoms with E-state index in [0.717, 1.165) is 10.9 Å². The van der Waals surface area contributed by atoms with Crippen molar-refractivity contribution in [3.63, 3.8) is 0 Å². The van der Waals surface area contributed by atoms with Crippen LogP contribution in [0.5, 0.6) is 0 Å². The molecule has 7 heteroatoms. The molecule has 0 saturated carbocycles. The lowest BCUT2D eigenvalue weighted by Crippen LogP contribution is -2.34. The standard InChI is InChI=1S/C20H17ClN2O4/c1-12(19(25)16-10-22-17-5-3-2-4-15(16)17)27-18(24)11-23-20(26)13-6-8-14(21)9-7-13/h2-10,12,22H,11H2,1H3,(H,23,26)/t12-/m1/s1. The zero-order valence-corrected chi connectivity index (χ0v) is 15.2. The summed E-state index contributed by atoms with van der Waals surface area (Å²) in [6.45, 7) is 1.16. The first-order valence-electron chi connectivity index (χ1n) is 8.29. The number of para-hydroxylation sites is 1. The van der Waals surface area contributed by atoms with Crippen molar-refractivity contribution in [2.45, 2.75) is 13.0 Å². The number of amides is 1. The van der Waals surface area contributed by atoms with Gasteiger partial charge < -0.3 is 15.0 Å². The Kier molecular flexibility index (Phi) is 5.57. The number of hydrogen-bond donors (Lipinski definition) is 2. The maximum atomic E-state index is 12.5. The van der Waals surface area contributed by atoms with Crippen molar-refractivity contribution in [1.29, 1.82) is 0 Å². The third-order valence-electron chi connectivity index (χ3n) is 4.03. The normalized spacial score (nSPS) is 11.8. The number of H-pyrrole nitrogens is 1. The number of ether oxygens (including phenoxy) is 1. The maximum absolute atomic E-state index is 12.5. The van der Waals surface area contributed by atoms with Gasteiger partial charge in [-0.2, -0.15) is 0 Å². The van der Waals surface area contributed by atoms with E-state index in [2.05, 4.69) is 10.3 Å². The summed E-state index contributed by atoms with van der Waals surface area (Å²) in [7, 11) is 0. The summed E-state index contributed by atoms with van der Waals surface area (Å²) in [5.74, 6) is -1.44. The van der Waals surface area contributed by atoms with Gasteiger partial charge >= 0.3 is 5.97 Å². The van der Waals surface area contributed by atoms with Gasteiger partial charge in [-0.15, -0.1) is 0 Å². The molecule has 0 aliphatic heterocycles. The largest absolute Gasteiger partial charge is 0.453 e. The van der Waals surface area contributed by atoms with Gasteiger partial charge in [-0.1, -0.05) is 29.8 Å². The van der Waals surface area contributed by atoms with Crippen molar-refractivity contribution in [3.05, 3.63) is 70.9 Å². The van der Waals surface area contributed by atoms with Crippen molar-refractivity contribution in [2.24, 2.45) is 0 Å². The van der Waals surface area contributed by atoms with E-state index < -0.39 is 18.0 Å². The fourth-order valence-corrected chi connectivity index (χ4v) is 2.77. The molecule has 3 rings (SSSR count). The molecule has 2 N–H and O–H groups in total. The van der Waals surface area contributed by atoms with Gasteiger partial charge in [-0.05, 0) is 37.3 Å². The number of Topliss-reactive ketones (excluding diaryl/α,β-unsaturated/α-hetero) is 1. The average Bonchev–Trinajstić information content (AvgIpc) is 3.10. The van der Waals surface area contributed by atoms with E-state index in [1.807, 2.05) is 24.3 Å². The van der Waals surface area contributed by atoms with Crippen molar-refractivity contribution < 1.29 is 19.1 Å². The average molecular weight is 385 g/mol. The van der Waals surface area contributed by atoms with E-state index in [1.54, 1.807) is 30.5 Å². The van der Waals surface area contributed by atoms with Crippen LogP contribution >= 0.6 is 11.6 Å². The molecule has 0 unspecified atom stereocenters.